The van der Waals surface area contributed by atoms with Crippen molar-refractivity contribution in [3.05, 3.63) is 42.5 Å². The van der Waals surface area contributed by atoms with E-state index in [1.54, 1.807) is 0 Å². The van der Waals surface area contributed by atoms with Gasteiger partial charge in [-0.1, -0.05) is 30.3 Å². The number of carbonyl (C=O) groups is 1. The van der Waals surface area contributed by atoms with Crippen molar-refractivity contribution in [2.24, 2.45) is 5.92 Å². The maximum absolute atomic E-state index is 12.0. The standard InChI is InChI=1S/C18H21NO4/c20-10-14-7-15(9-17(14)21)19-18(22)11-23-16-6-5-12-3-1-2-4-13(12)8-16/h1-6,8,14-15,17,20-21H,7,9-11H2,(H,19,22)/t14-,15+,17-/m1/s1. The van der Waals surface area contributed by atoms with Gasteiger partial charge in [0.1, 0.15) is 5.75 Å². The fourth-order valence-electron chi connectivity index (χ4n) is 3.09. The second kappa shape index (κ2) is 6.98. The minimum Gasteiger partial charge on any atom is -0.484 e. The quantitative estimate of drug-likeness (QED) is 0.781. The van der Waals surface area contributed by atoms with Gasteiger partial charge in [-0.15, -0.1) is 0 Å². The van der Waals surface area contributed by atoms with Gasteiger partial charge >= 0.3 is 0 Å². The average molecular weight is 315 g/mol. The lowest BCUT2D eigenvalue weighted by atomic mass is 10.1. The van der Waals surface area contributed by atoms with Crippen LogP contribution in [0.4, 0.5) is 0 Å². The summed E-state index contributed by atoms with van der Waals surface area (Å²) in [6, 6.07) is 13.6. The predicted molar refractivity (Wildman–Crippen MR) is 87.2 cm³/mol. The number of benzene rings is 2. The van der Waals surface area contributed by atoms with Crippen molar-refractivity contribution in [3.8, 4) is 5.75 Å². The van der Waals surface area contributed by atoms with Crippen molar-refractivity contribution in [2.45, 2.75) is 25.0 Å². The lowest BCUT2D eigenvalue weighted by Crippen LogP contribution is -2.36. The molecular formula is C18H21NO4. The predicted octanol–water partition coefficient (Wildman–Crippen LogP) is 1.47. The first-order chi connectivity index (χ1) is 11.2. The Labute approximate surface area is 134 Å². The first-order valence-corrected chi connectivity index (χ1v) is 7.85. The van der Waals surface area contributed by atoms with Gasteiger partial charge in [0.05, 0.1) is 6.10 Å². The SMILES string of the molecule is O=C(COc1ccc2ccccc2c1)N[C@H]1C[C@H](CO)[C@H](O)C1. The Morgan fingerprint density at radius 2 is 1.96 bits per heavy atom. The average Bonchev–Trinajstić information content (AvgIpc) is 2.92. The van der Waals surface area contributed by atoms with Gasteiger partial charge in [-0.2, -0.15) is 0 Å². The van der Waals surface area contributed by atoms with Crippen molar-refractivity contribution in [2.75, 3.05) is 13.2 Å². The highest BCUT2D eigenvalue weighted by Crippen LogP contribution is 2.25. The molecular weight excluding hydrogens is 294 g/mol. The van der Waals surface area contributed by atoms with E-state index < -0.39 is 6.10 Å². The molecule has 0 bridgehead atoms. The van der Waals surface area contributed by atoms with Gasteiger partial charge in [0.2, 0.25) is 0 Å². The zero-order chi connectivity index (χ0) is 16.2. The van der Waals surface area contributed by atoms with Crippen LogP contribution in [0.15, 0.2) is 42.5 Å². The number of hydrogen-bond donors (Lipinski definition) is 3. The molecule has 0 radical (unpaired) electrons. The van der Waals surface area contributed by atoms with E-state index in [0.717, 1.165) is 10.8 Å². The summed E-state index contributed by atoms with van der Waals surface area (Å²) < 4.78 is 5.54. The number of amides is 1. The van der Waals surface area contributed by atoms with Crippen LogP contribution < -0.4 is 10.1 Å². The Hall–Kier alpha value is -2.11. The molecule has 1 aliphatic rings. The highest BCUT2D eigenvalue weighted by molar-refractivity contribution is 5.84. The number of fused-ring (bicyclic) bond motifs is 1. The van der Waals surface area contributed by atoms with E-state index in [9.17, 15) is 9.90 Å². The number of aliphatic hydroxyl groups excluding tert-OH is 2. The van der Waals surface area contributed by atoms with Crippen LogP contribution in [-0.4, -0.2) is 41.5 Å². The second-order valence-electron chi connectivity index (χ2n) is 6.04. The molecule has 2 aromatic carbocycles. The molecule has 1 fully saturated rings. The number of aliphatic hydroxyl groups is 2. The van der Waals surface area contributed by atoms with Crippen molar-refractivity contribution >= 4 is 16.7 Å². The summed E-state index contributed by atoms with van der Waals surface area (Å²) in [6.45, 7) is -0.115. The van der Waals surface area contributed by atoms with Gasteiger partial charge in [0.25, 0.3) is 5.91 Å². The summed E-state index contributed by atoms with van der Waals surface area (Å²) in [7, 11) is 0. The van der Waals surface area contributed by atoms with Crippen LogP contribution in [-0.2, 0) is 4.79 Å². The van der Waals surface area contributed by atoms with Crippen LogP contribution in [0, 0.1) is 5.92 Å². The largest absolute Gasteiger partial charge is 0.484 e. The van der Waals surface area contributed by atoms with Crippen LogP contribution in [0.5, 0.6) is 5.75 Å². The number of nitrogens with one attached hydrogen (secondary N) is 1. The minimum absolute atomic E-state index is 0.0544. The summed E-state index contributed by atoms with van der Waals surface area (Å²) in [5.41, 5.74) is 0. The van der Waals surface area contributed by atoms with E-state index in [1.807, 2.05) is 42.5 Å². The third kappa shape index (κ3) is 3.81. The van der Waals surface area contributed by atoms with E-state index in [-0.39, 0.29) is 31.1 Å². The molecule has 3 atom stereocenters. The Morgan fingerprint density at radius 1 is 1.17 bits per heavy atom. The fraction of sp³-hybridized carbons (Fsp3) is 0.389. The molecule has 122 valence electrons. The van der Waals surface area contributed by atoms with Crippen molar-refractivity contribution in [1.29, 1.82) is 0 Å². The molecule has 0 heterocycles. The van der Waals surface area contributed by atoms with Crippen LogP contribution in [0.25, 0.3) is 10.8 Å². The van der Waals surface area contributed by atoms with Crippen LogP contribution in [0.3, 0.4) is 0 Å². The summed E-state index contributed by atoms with van der Waals surface area (Å²) in [6.07, 6.45) is 0.526. The maximum Gasteiger partial charge on any atom is 0.258 e. The zero-order valence-corrected chi connectivity index (χ0v) is 12.8. The smallest absolute Gasteiger partial charge is 0.258 e. The summed E-state index contributed by atoms with van der Waals surface area (Å²) >= 11 is 0. The molecule has 0 unspecified atom stereocenters. The lowest BCUT2D eigenvalue weighted by Gasteiger charge is -2.13. The van der Waals surface area contributed by atoms with E-state index in [2.05, 4.69) is 5.32 Å². The molecule has 2 aromatic rings. The Morgan fingerprint density at radius 3 is 2.70 bits per heavy atom. The summed E-state index contributed by atoms with van der Waals surface area (Å²) in [5.74, 6) is 0.286. The Bertz CT molecular complexity index is 688. The van der Waals surface area contributed by atoms with E-state index in [1.165, 1.54) is 0 Å². The maximum atomic E-state index is 12.0. The van der Waals surface area contributed by atoms with E-state index in [4.69, 9.17) is 9.84 Å². The third-order valence-electron chi connectivity index (χ3n) is 4.35. The fourth-order valence-corrected chi connectivity index (χ4v) is 3.09. The molecule has 0 saturated heterocycles. The molecule has 5 nitrogen and oxygen atoms in total. The van der Waals surface area contributed by atoms with Crippen LogP contribution in [0.2, 0.25) is 0 Å². The molecule has 1 aliphatic carbocycles. The minimum atomic E-state index is -0.549. The topological polar surface area (TPSA) is 78.8 Å². The van der Waals surface area contributed by atoms with Crippen LogP contribution >= 0.6 is 0 Å². The second-order valence-corrected chi connectivity index (χ2v) is 6.04. The number of rotatable bonds is 5. The van der Waals surface area contributed by atoms with Gasteiger partial charge < -0.3 is 20.3 Å². The third-order valence-corrected chi connectivity index (χ3v) is 4.35. The van der Waals surface area contributed by atoms with Crippen LogP contribution in [0.1, 0.15) is 12.8 Å². The highest BCUT2D eigenvalue weighted by Gasteiger charge is 2.33. The number of carbonyl (C=O) groups excluding carboxylic acids is 1. The van der Waals surface area contributed by atoms with Gasteiger partial charge in [-0.25, -0.2) is 0 Å². The summed E-state index contributed by atoms with van der Waals surface area (Å²) in [4.78, 5) is 12.0. The van der Waals surface area contributed by atoms with Crippen molar-refractivity contribution in [1.82, 2.24) is 5.32 Å². The molecule has 1 amide bonds. The van der Waals surface area contributed by atoms with Crippen molar-refractivity contribution < 1.29 is 19.7 Å². The van der Waals surface area contributed by atoms with E-state index >= 15 is 0 Å². The number of hydrogen-bond acceptors (Lipinski definition) is 4. The monoisotopic (exact) mass is 315 g/mol. The Kier molecular flexibility index (Phi) is 4.79. The molecule has 3 rings (SSSR count). The van der Waals surface area contributed by atoms with Gasteiger partial charge in [0.15, 0.2) is 6.61 Å². The van der Waals surface area contributed by atoms with Gasteiger partial charge in [0, 0.05) is 18.6 Å². The molecule has 0 aromatic heterocycles. The molecule has 3 N–H and O–H groups in total. The molecule has 1 saturated carbocycles. The van der Waals surface area contributed by atoms with E-state index in [0.29, 0.717) is 18.6 Å². The molecule has 0 spiro atoms. The Balaban J connectivity index is 1.52. The summed E-state index contributed by atoms with van der Waals surface area (Å²) in [5, 5.41) is 23.9. The first kappa shape index (κ1) is 15.8. The van der Waals surface area contributed by atoms with Crippen molar-refractivity contribution in [3.63, 3.8) is 0 Å². The van der Waals surface area contributed by atoms with Gasteiger partial charge in [-0.05, 0) is 35.7 Å². The number of ether oxygens (including phenoxy) is 1. The highest BCUT2D eigenvalue weighted by atomic mass is 16.5. The molecule has 5 heteroatoms. The zero-order valence-electron chi connectivity index (χ0n) is 12.8. The first-order valence-electron chi connectivity index (χ1n) is 7.85. The molecule has 23 heavy (non-hydrogen) atoms. The van der Waals surface area contributed by atoms with Gasteiger partial charge in [-0.3, -0.25) is 4.79 Å². The molecule has 0 aliphatic heterocycles. The lowest BCUT2D eigenvalue weighted by molar-refractivity contribution is -0.123. The normalized spacial score (nSPS) is 23.8.